The summed E-state index contributed by atoms with van der Waals surface area (Å²) < 4.78 is 2.68. The molecular formula is C10H19N3O2. The Hall–Kier alpha value is -1.26. The Morgan fingerprint density at radius 2 is 1.67 bits per heavy atom. The van der Waals surface area contributed by atoms with Gasteiger partial charge in [0.1, 0.15) is 0 Å². The molecule has 86 valence electrons. The lowest BCUT2D eigenvalue weighted by Gasteiger charge is -1.98. The Kier molecular flexibility index (Phi) is 4.39. The number of hydrogen-bond donors (Lipinski definition) is 1. The standard InChI is InChI=1S/C10H19N3O2/c1-3-5-7-12-9(14)11-13(10(12)15)8-6-4-2/h3-8H2,1-2H3,(H,11,14). The van der Waals surface area contributed by atoms with E-state index >= 15 is 0 Å². The molecule has 5 heteroatoms. The second-order valence-electron chi connectivity index (χ2n) is 3.71. The van der Waals surface area contributed by atoms with Crippen molar-refractivity contribution in [2.75, 3.05) is 0 Å². The Morgan fingerprint density at radius 1 is 1.07 bits per heavy atom. The third-order valence-electron chi connectivity index (χ3n) is 2.41. The minimum absolute atomic E-state index is 0.207. The maximum absolute atomic E-state index is 11.7. The zero-order valence-electron chi connectivity index (χ0n) is 9.45. The van der Waals surface area contributed by atoms with Crippen molar-refractivity contribution in [3.8, 4) is 0 Å². The SMILES string of the molecule is CCCCn1[nH]c(=O)n(CCCC)c1=O. The van der Waals surface area contributed by atoms with Gasteiger partial charge < -0.3 is 0 Å². The maximum Gasteiger partial charge on any atom is 0.346 e. The smallest absolute Gasteiger partial charge is 0.246 e. The molecule has 0 aromatic carbocycles. The zero-order chi connectivity index (χ0) is 11.3. The maximum atomic E-state index is 11.7. The van der Waals surface area contributed by atoms with Gasteiger partial charge in [-0.25, -0.2) is 23.9 Å². The van der Waals surface area contributed by atoms with Gasteiger partial charge in [-0.05, 0) is 12.8 Å². The van der Waals surface area contributed by atoms with Gasteiger partial charge in [-0.3, -0.25) is 0 Å². The van der Waals surface area contributed by atoms with Gasteiger partial charge in [-0.2, -0.15) is 0 Å². The van der Waals surface area contributed by atoms with Crippen molar-refractivity contribution in [1.29, 1.82) is 0 Å². The van der Waals surface area contributed by atoms with Crippen LogP contribution in [-0.4, -0.2) is 14.3 Å². The summed E-state index contributed by atoms with van der Waals surface area (Å²) in [6.45, 7) is 5.21. The summed E-state index contributed by atoms with van der Waals surface area (Å²) in [4.78, 5) is 23.1. The van der Waals surface area contributed by atoms with E-state index in [1.165, 1.54) is 9.25 Å². The molecule has 0 unspecified atom stereocenters. The predicted molar refractivity (Wildman–Crippen MR) is 59.1 cm³/mol. The van der Waals surface area contributed by atoms with Crippen molar-refractivity contribution in [3.63, 3.8) is 0 Å². The van der Waals surface area contributed by atoms with Gasteiger partial charge in [0.25, 0.3) is 0 Å². The number of nitrogens with zero attached hydrogens (tertiary/aromatic N) is 2. The summed E-state index contributed by atoms with van der Waals surface area (Å²) in [6, 6.07) is 0. The first-order valence-electron chi connectivity index (χ1n) is 5.60. The number of aryl methyl sites for hydroxylation is 1. The highest BCUT2D eigenvalue weighted by atomic mass is 16.2. The van der Waals surface area contributed by atoms with Gasteiger partial charge >= 0.3 is 11.4 Å². The topological polar surface area (TPSA) is 59.8 Å². The molecule has 0 saturated carbocycles. The molecular weight excluding hydrogens is 194 g/mol. The number of unbranched alkanes of at least 4 members (excludes halogenated alkanes) is 2. The molecule has 0 saturated heterocycles. The van der Waals surface area contributed by atoms with Gasteiger partial charge in [0.15, 0.2) is 0 Å². The summed E-state index contributed by atoms with van der Waals surface area (Å²) in [6.07, 6.45) is 3.76. The molecule has 0 aliphatic carbocycles. The molecule has 1 N–H and O–H groups in total. The second kappa shape index (κ2) is 5.58. The summed E-state index contributed by atoms with van der Waals surface area (Å²) in [5, 5.41) is 2.57. The Labute approximate surface area is 88.7 Å². The van der Waals surface area contributed by atoms with Crippen molar-refractivity contribution in [2.45, 2.75) is 52.6 Å². The van der Waals surface area contributed by atoms with Crippen molar-refractivity contribution in [3.05, 3.63) is 21.0 Å². The Balaban J connectivity index is 2.84. The van der Waals surface area contributed by atoms with E-state index < -0.39 is 0 Å². The number of H-pyrrole nitrogens is 1. The monoisotopic (exact) mass is 213 g/mol. The number of aromatic nitrogens is 3. The van der Waals surface area contributed by atoms with E-state index in [-0.39, 0.29) is 11.4 Å². The second-order valence-corrected chi connectivity index (χ2v) is 3.71. The lowest BCUT2D eigenvalue weighted by atomic mass is 10.3. The summed E-state index contributed by atoms with van der Waals surface area (Å²) in [5.74, 6) is 0. The molecule has 0 radical (unpaired) electrons. The summed E-state index contributed by atoms with van der Waals surface area (Å²) >= 11 is 0. The van der Waals surface area contributed by atoms with E-state index in [0.29, 0.717) is 13.1 Å². The molecule has 0 spiro atoms. The van der Waals surface area contributed by atoms with Gasteiger partial charge in [0.05, 0.1) is 0 Å². The first kappa shape index (κ1) is 11.8. The van der Waals surface area contributed by atoms with E-state index in [0.717, 1.165) is 25.7 Å². The molecule has 0 fully saturated rings. The Morgan fingerprint density at radius 3 is 2.27 bits per heavy atom. The van der Waals surface area contributed by atoms with Crippen LogP contribution in [0, 0.1) is 0 Å². The van der Waals surface area contributed by atoms with Crippen LogP contribution in [0.1, 0.15) is 39.5 Å². The van der Waals surface area contributed by atoms with Crippen molar-refractivity contribution in [2.24, 2.45) is 0 Å². The van der Waals surface area contributed by atoms with Crippen LogP contribution >= 0.6 is 0 Å². The molecule has 1 aromatic rings. The fraction of sp³-hybridized carbons (Fsp3) is 0.800. The summed E-state index contributed by atoms with van der Waals surface area (Å²) in [5.41, 5.74) is -0.494. The van der Waals surface area contributed by atoms with Crippen molar-refractivity contribution >= 4 is 0 Å². The van der Waals surface area contributed by atoms with Crippen LogP contribution in [0.4, 0.5) is 0 Å². The minimum Gasteiger partial charge on any atom is -0.246 e. The van der Waals surface area contributed by atoms with Crippen LogP contribution in [-0.2, 0) is 13.1 Å². The van der Waals surface area contributed by atoms with E-state index in [4.69, 9.17) is 0 Å². The van der Waals surface area contributed by atoms with Crippen LogP contribution in [0.15, 0.2) is 9.59 Å². The highest BCUT2D eigenvalue weighted by molar-refractivity contribution is 4.69. The van der Waals surface area contributed by atoms with Crippen molar-refractivity contribution < 1.29 is 0 Å². The molecule has 5 nitrogen and oxygen atoms in total. The molecule has 0 atom stereocenters. The largest absolute Gasteiger partial charge is 0.346 e. The zero-order valence-corrected chi connectivity index (χ0v) is 9.45. The van der Waals surface area contributed by atoms with E-state index in [1.807, 2.05) is 6.92 Å². The molecule has 1 aromatic heterocycles. The normalized spacial score (nSPS) is 10.8. The van der Waals surface area contributed by atoms with Gasteiger partial charge in [0, 0.05) is 13.1 Å². The van der Waals surface area contributed by atoms with Crippen LogP contribution in [0.25, 0.3) is 0 Å². The van der Waals surface area contributed by atoms with Gasteiger partial charge in [-0.15, -0.1) is 0 Å². The highest BCUT2D eigenvalue weighted by Crippen LogP contribution is 1.90. The van der Waals surface area contributed by atoms with Crippen molar-refractivity contribution in [1.82, 2.24) is 14.3 Å². The lowest BCUT2D eigenvalue weighted by molar-refractivity contribution is 0.535. The van der Waals surface area contributed by atoms with E-state index in [1.54, 1.807) is 0 Å². The predicted octanol–water partition coefficient (Wildman–Crippen LogP) is 0.938. The third kappa shape index (κ3) is 2.84. The molecule has 0 amide bonds. The average molecular weight is 213 g/mol. The van der Waals surface area contributed by atoms with Gasteiger partial charge in [0.2, 0.25) is 0 Å². The van der Waals surface area contributed by atoms with E-state index in [2.05, 4.69) is 12.0 Å². The molecule has 0 aliphatic rings. The number of aromatic amines is 1. The Bertz CT molecular complexity index is 400. The van der Waals surface area contributed by atoms with Gasteiger partial charge in [-0.1, -0.05) is 26.7 Å². The fourth-order valence-corrected chi connectivity index (χ4v) is 1.44. The van der Waals surface area contributed by atoms with Crippen LogP contribution in [0.5, 0.6) is 0 Å². The molecule has 0 aliphatic heterocycles. The van der Waals surface area contributed by atoms with Crippen LogP contribution < -0.4 is 11.4 Å². The molecule has 1 rings (SSSR count). The quantitative estimate of drug-likeness (QED) is 0.764. The van der Waals surface area contributed by atoms with Crippen LogP contribution in [0.2, 0.25) is 0 Å². The lowest BCUT2D eigenvalue weighted by Crippen LogP contribution is -2.29. The minimum atomic E-state index is -0.287. The first-order valence-corrected chi connectivity index (χ1v) is 5.60. The molecule has 15 heavy (non-hydrogen) atoms. The highest BCUT2D eigenvalue weighted by Gasteiger charge is 2.07. The average Bonchev–Trinajstić information content (AvgIpc) is 2.49. The number of nitrogens with one attached hydrogen (secondary N) is 1. The fourth-order valence-electron chi connectivity index (χ4n) is 1.44. The van der Waals surface area contributed by atoms with Crippen LogP contribution in [0.3, 0.4) is 0 Å². The number of rotatable bonds is 6. The van der Waals surface area contributed by atoms with E-state index in [9.17, 15) is 9.59 Å². The number of hydrogen-bond acceptors (Lipinski definition) is 2. The third-order valence-corrected chi connectivity index (χ3v) is 2.41. The first-order chi connectivity index (χ1) is 7.20. The summed E-state index contributed by atoms with van der Waals surface area (Å²) in [7, 11) is 0. The molecule has 0 bridgehead atoms. The molecule has 1 heterocycles.